The first-order valence-electron chi connectivity index (χ1n) is 6.32. The molecule has 0 spiro atoms. The second-order valence-corrected chi connectivity index (χ2v) is 4.95. The smallest absolute Gasteiger partial charge is 0.128 e. The summed E-state index contributed by atoms with van der Waals surface area (Å²) in [6.07, 6.45) is 3.57. The van der Waals surface area contributed by atoms with Gasteiger partial charge in [-0.2, -0.15) is 0 Å². The van der Waals surface area contributed by atoms with Crippen LogP contribution in [0.3, 0.4) is 0 Å². The van der Waals surface area contributed by atoms with Crippen LogP contribution in [0.5, 0.6) is 0 Å². The fourth-order valence-electron chi connectivity index (χ4n) is 2.40. The van der Waals surface area contributed by atoms with Gasteiger partial charge >= 0.3 is 0 Å². The van der Waals surface area contributed by atoms with Crippen LogP contribution in [0.2, 0.25) is 0 Å². The van der Waals surface area contributed by atoms with Gasteiger partial charge in [0.2, 0.25) is 0 Å². The Bertz CT molecular complexity index is 392. The second-order valence-electron chi connectivity index (χ2n) is 4.95. The predicted molar refractivity (Wildman–Crippen MR) is 64.7 cm³/mol. The topological polar surface area (TPSA) is 12.0 Å². The molecule has 1 aromatic rings. The maximum absolute atomic E-state index is 13.5. The summed E-state index contributed by atoms with van der Waals surface area (Å²) in [6, 6.07) is 3.98. The number of rotatable bonds is 5. The third kappa shape index (κ3) is 3.03. The van der Waals surface area contributed by atoms with Crippen LogP contribution in [0.15, 0.2) is 18.2 Å². The monoisotopic (exact) mass is 239 g/mol. The van der Waals surface area contributed by atoms with Gasteiger partial charge in [-0.25, -0.2) is 8.78 Å². The van der Waals surface area contributed by atoms with E-state index in [1.807, 2.05) is 6.92 Å². The van der Waals surface area contributed by atoms with Crippen molar-refractivity contribution in [2.45, 2.75) is 45.2 Å². The second kappa shape index (κ2) is 5.13. The molecule has 3 atom stereocenters. The maximum atomic E-state index is 13.5. The van der Waals surface area contributed by atoms with E-state index >= 15 is 0 Å². The van der Waals surface area contributed by atoms with E-state index in [-0.39, 0.29) is 17.7 Å². The quantitative estimate of drug-likeness (QED) is 0.824. The number of benzene rings is 1. The molecule has 94 valence electrons. The van der Waals surface area contributed by atoms with Crippen molar-refractivity contribution >= 4 is 0 Å². The van der Waals surface area contributed by atoms with Crippen molar-refractivity contribution in [3.05, 3.63) is 35.4 Å². The number of nitrogens with one attached hydrogen (secondary N) is 1. The summed E-state index contributed by atoms with van der Waals surface area (Å²) >= 11 is 0. The lowest BCUT2D eigenvalue weighted by Gasteiger charge is -2.15. The Morgan fingerprint density at radius 2 is 2.18 bits per heavy atom. The molecule has 0 aliphatic heterocycles. The number of hydrogen-bond donors (Lipinski definition) is 1. The van der Waals surface area contributed by atoms with Crippen LogP contribution in [0, 0.1) is 17.6 Å². The number of hydrogen-bond acceptors (Lipinski definition) is 1. The summed E-state index contributed by atoms with van der Waals surface area (Å²) in [5.74, 6) is 0.00844. The molecule has 0 amide bonds. The van der Waals surface area contributed by atoms with Crippen molar-refractivity contribution in [3.63, 3.8) is 0 Å². The molecule has 1 aliphatic carbocycles. The predicted octanol–water partition coefficient (Wildman–Crippen LogP) is 3.80. The highest BCUT2D eigenvalue weighted by Gasteiger charge is 2.36. The van der Waals surface area contributed by atoms with E-state index in [0.29, 0.717) is 11.6 Å². The molecular weight excluding hydrogens is 220 g/mol. The normalized spacial score (nSPS) is 24.7. The van der Waals surface area contributed by atoms with Gasteiger partial charge in [0, 0.05) is 17.6 Å². The van der Waals surface area contributed by atoms with Crippen molar-refractivity contribution in [1.82, 2.24) is 5.32 Å². The highest BCUT2D eigenvalue weighted by Crippen LogP contribution is 2.36. The highest BCUT2D eigenvalue weighted by atomic mass is 19.1. The van der Waals surface area contributed by atoms with Gasteiger partial charge in [0.05, 0.1) is 0 Å². The van der Waals surface area contributed by atoms with Gasteiger partial charge in [0.1, 0.15) is 11.6 Å². The lowest BCUT2D eigenvalue weighted by atomic mass is 10.1. The molecule has 0 aromatic heterocycles. The van der Waals surface area contributed by atoms with Gasteiger partial charge in [0.25, 0.3) is 0 Å². The van der Waals surface area contributed by atoms with Crippen LogP contribution in [-0.4, -0.2) is 6.04 Å². The standard InChI is InChI=1S/C14H19F2N/c1-3-4-10-7-14(10)17-9(2)12-8-11(15)5-6-13(12)16/h5-6,8-10,14,17H,3-4,7H2,1-2H3. The molecule has 0 saturated heterocycles. The lowest BCUT2D eigenvalue weighted by molar-refractivity contribution is 0.497. The Balaban J connectivity index is 1.96. The molecule has 0 bridgehead atoms. The van der Waals surface area contributed by atoms with E-state index in [1.54, 1.807) is 0 Å². The van der Waals surface area contributed by atoms with Crippen LogP contribution < -0.4 is 5.32 Å². The molecule has 3 heteroatoms. The Morgan fingerprint density at radius 1 is 1.41 bits per heavy atom. The zero-order chi connectivity index (χ0) is 12.4. The molecule has 1 fully saturated rings. The van der Waals surface area contributed by atoms with Crippen molar-refractivity contribution in [1.29, 1.82) is 0 Å². The van der Waals surface area contributed by atoms with E-state index in [9.17, 15) is 8.78 Å². The zero-order valence-electron chi connectivity index (χ0n) is 10.3. The van der Waals surface area contributed by atoms with Crippen LogP contribution in [0.25, 0.3) is 0 Å². The molecule has 1 N–H and O–H groups in total. The first-order chi connectivity index (χ1) is 8.11. The van der Waals surface area contributed by atoms with Gasteiger partial charge < -0.3 is 5.32 Å². The summed E-state index contributed by atoms with van der Waals surface area (Å²) in [7, 11) is 0. The highest BCUT2D eigenvalue weighted by molar-refractivity contribution is 5.22. The van der Waals surface area contributed by atoms with Gasteiger partial charge in [-0.05, 0) is 43.9 Å². The fraction of sp³-hybridized carbons (Fsp3) is 0.571. The Kier molecular flexibility index (Phi) is 3.77. The summed E-state index contributed by atoms with van der Waals surface area (Å²) in [4.78, 5) is 0. The van der Waals surface area contributed by atoms with Gasteiger partial charge in [-0.1, -0.05) is 13.3 Å². The zero-order valence-corrected chi connectivity index (χ0v) is 10.3. The van der Waals surface area contributed by atoms with E-state index in [2.05, 4.69) is 12.2 Å². The largest absolute Gasteiger partial charge is 0.307 e. The molecule has 2 rings (SSSR count). The van der Waals surface area contributed by atoms with Crippen molar-refractivity contribution in [2.75, 3.05) is 0 Å². The molecule has 17 heavy (non-hydrogen) atoms. The summed E-state index contributed by atoms with van der Waals surface area (Å²) in [5, 5.41) is 3.37. The van der Waals surface area contributed by atoms with Crippen molar-refractivity contribution in [2.24, 2.45) is 5.92 Å². The minimum atomic E-state index is -0.379. The Hall–Kier alpha value is -0.960. The SMILES string of the molecule is CCCC1CC1NC(C)c1cc(F)ccc1F. The molecule has 0 radical (unpaired) electrons. The van der Waals surface area contributed by atoms with E-state index in [1.165, 1.54) is 25.0 Å². The summed E-state index contributed by atoms with van der Waals surface area (Å²) in [6.45, 7) is 4.06. The summed E-state index contributed by atoms with van der Waals surface area (Å²) < 4.78 is 26.6. The van der Waals surface area contributed by atoms with Gasteiger partial charge in [0.15, 0.2) is 0 Å². The maximum Gasteiger partial charge on any atom is 0.128 e. The Morgan fingerprint density at radius 3 is 2.88 bits per heavy atom. The molecule has 0 heterocycles. The first-order valence-corrected chi connectivity index (χ1v) is 6.32. The minimum Gasteiger partial charge on any atom is -0.307 e. The third-order valence-corrected chi connectivity index (χ3v) is 3.47. The van der Waals surface area contributed by atoms with E-state index < -0.39 is 0 Å². The van der Waals surface area contributed by atoms with E-state index in [4.69, 9.17) is 0 Å². The van der Waals surface area contributed by atoms with Crippen LogP contribution >= 0.6 is 0 Å². The molecular formula is C14H19F2N. The average molecular weight is 239 g/mol. The summed E-state index contributed by atoms with van der Waals surface area (Å²) in [5.41, 5.74) is 0.423. The fourth-order valence-corrected chi connectivity index (χ4v) is 2.40. The first kappa shape index (κ1) is 12.5. The molecule has 1 aromatic carbocycles. The van der Waals surface area contributed by atoms with Gasteiger partial charge in [-0.3, -0.25) is 0 Å². The minimum absolute atomic E-state index is 0.127. The van der Waals surface area contributed by atoms with E-state index in [0.717, 1.165) is 18.4 Å². The molecule has 1 aliphatic rings. The Labute approximate surface area is 101 Å². The molecule has 3 unspecified atom stereocenters. The number of halogens is 2. The van der Waals surface area contributed by atoms with Crippen molar-refractivity contribution in [3.8, 4) is 0 Å². The van der Waals surface area contributed by atoms with Crippen molar-refractivity contribution < 1.29 is 8.78 Å². The van der Waals surface area contributed by atoms with Crippen LogP contribution in [0.4, 0.5) is 8.78 Å². The molecule has 1 nitrogen and oxygen atoms in total. The third-order valence-electron chi connectivity index (χ3n) is 3.47. The van der Waals surface area contributed by atoms with Gasteiger partial charge in [-0.15, -0.1) is 0 Å². The average Bonchev–Trinajstić information content (AvgIpc) is 3.00. The lowest BCUT2D eigenvalue weighted by Crippen LogP contribution is -2.23. The van der Waals surface area contributed by atoms with Crippen LogP contribution in [-0.2, 0) is 0 Å². The van der Waals surface area contributed by atoms with Crippen LogP contribution in [0.1, 0.15) is 44.7 Å². The molecule has 1 saturated carbocycles.